The normalized spacial score (nSPS) is 18.7. The number of methoxy groups -OCH3 is 1. The zero-order chi connectivity index (χ0) is 18.7. The molecule has 1 amide bonds. The van der Waals surface area contributed by atoms with Gasteiger partial charge in [-0.1, -0.05) is 47.5 Å². The summed E-state index contributed by atoms with van der Waals surface area (Å²) >= 11 is 12.1. The summed E-state index contributed by atoms with van der Waals surface area (Å²) in [7, 11) is 1.37. The molecule has 0 radical (unpaired) electrons. The number of carbonyl (C=O) groups excluding carboxylic acids is 2. The molecule has 136 valence electrons. The highest BCUT2D eigenvalue weighted by Crippen LogP contribution is 2.25. The summed E-state index contributed by atoms with van der Waals surface area (Å²) < 4.78 is 4.94. The zero-order valence-corrected chi connectivity index (χ0v) is 15.7. The van der Waals surface area contributed by atoms with Gasteiger partial charge in [-0.25, -0.2) is 4.79 Å². The Kier molecular flexibility index (Phi) is 5.81. The Bertz CT molecular complexity index is 841. The first-order valence-corrected chi connectivity index (χ1v) is 8.97. The standard InChI is InChI=1S/C19H18Cl2N2O3/c1-26-19(25)17-8-12-4-2-3-5-13(12)10-23(17)11-18(24)22-16-9-14(20)6-7-15(16)21/h2-7,9,17H,8,10-11H2,1H3,(H,22,24)/p+1/t17-/m0/s1. The van der Waals surface area contributed by atoms with E-state index in [9.17, 15) is 9.59 Å². The largest absolute Gasteiger partial charge is 0.465 e. The maximum absolute atomic E-state index is 12.5. The minimum atomic E-state index is -0.421. The monoisotopic (exact) mass is 393 g/mol. The number of carbonyl (C=O) groups is 2. The lowest BCUT2D eigenvalue weighted by Crippen LogP contribution is -3.17. The third kappa shape index (κ3) is 4.18. The molecule has 0 fully saturated rings. The molecule has 2 aromatic rings. The molecule has 2 atom stereocenters. The summed E-state index contributed by atoms with van der Waals surface area (Å²) in [4.78, 5) is 25.6. The van der Waals surface area contributed by atoms with Crippen molar-refractivity contribution in [3.05, 3.63) is 63.6 Å². The summed E-state index contributed by atoms with van der Waals surface area (Å²) in [5.41, 5.74) is 2.71. The molecular formula is C19H19Cl2N2O3+. The highest BCUT2D eigenvalue weighted by molar-refractivity contribution is 6.35. The van der Waals surface area contributed by atoms with E-state index in [0.29, 0.717) is 28.7 Å². The third-order valence-electron chi connectivity index (χ3n) is 4.53. The van der Waals surface area contributed by atoms with Gasteiger partial charge in [0.1, 0.15) is 6.54 Å². The smallest absolute Gasteiger partial charge is 0.365 e. The maximum atomic E-state index is 12.5. The van der Waals surface area contributed by atoms with Gasteiger partial charge >= 0.3 is 5.97 Å². The van der Waals surface area contributed by atoms with Crippen LogP contribution in [-0.2, 0) is 27.3 Å². The summed E-state index contributed by atoms with van der Waals surface area (Å²) in [5.74, 6) is -0.555. The van der Waals surface area contributed by atoms with Crippen LogP contribution in [0.4, 0.5) is 5.69 Å². The van der Waals surface area contributed by atoms with Gasteiger partial charge in [-0.15, -0.1) is 0 Å². The average Bonchev–Trinajstić information content (AvgIpc) is 2.63. The van der Waals surface area contributed by atoms with Crippen LogP contribution in [0, 0.1) is 0 Å². The average molecular weight is 394 g/mol. The second-order valence-electron chi connectivity index (χ2n) is 6.23. The number of amides is 1. The van der Waals surface area contributed by atoms with Gasteiger partial charge in [0.25, 0.3) is 5.91 Å². The summed E-state index contributed by atoms with van der Waals surface area (Å²) in [5, 5.41) is 3.66. The Labute approximate surface area is 161 Å². The molecule has 0 spiro atoms. The number of fused-ring (bicyclic) bond motifs is 1. The van der Waals surface area contributed by atoms with E-state index in [0.717, 1.165) is 16.0 Å². The molecule has 0 aromatic heterocycles. The van der Waals surface area contributed by atoms with Crippen molar-refractivity contribution in [1.82, 2.24) is 0 Å². The van der Waals surface area contributed by atoms with Gasteiger partial charge in [0.05, 0.1) is 17.8 Å². The van der Waals surface area contributed by atoms with Crippen molar-refractivity contribution < 1.29 is 19.2 Å². The number of quaternary nitrogens is 1. The molecule has 0 saturated carbocycles. The molecular weight excluding hydrogens is 375 g/mol. The van der Waals surface area contributed by atoms with Crippen LogP contribution < -0.4 is 10.2 Å². The number of ether oxygens (including phenoxy) is 1. The highest BCUT2D eigenvalue weighted by Gasteiger charge is 2.37. The molecule has 0 bridgehead atoms. The predicted molar refractivity (Wildman–Crippen MR) is 101 cm³/mol. The van der Waals surface area contributed by atoms with E-state index in [1.165, 1.54) is 7.11 Å². The van der Waals surface area contributed by atoms with Crippen molar-refractivity contribution >= 4 is 40.8 Å². The van der Waals surface area contributed by atoms with Crippen LogP contribution in [0.2, 0.25) is 10.0 Å². The van der Waals surface area contributed by atoms with Gasteiger partial charge in [0.15, 0.2) is 12.6 Å². The van der Waals surface area contributed by atoms with Crippen LogP contribution in [0.3, 0.4) is 0 Å². The van der Waals surface area contributed by atoms with E-state index in [4.69, 9.17) is 27.9 Å². The van der Waals surface area contributed by atoms with Gasteiger partial charge in [0.2, 0.25) is 0 Å². The number of esters is 1. The lowest BCUT2D eigenvalue weighted by molar-refractivity contribution is -0.924. The number of anilines is 1. The fourth-order valence-electron chi connectivity index (χ4n) is 3.23. The first kappa shape index (κ1) is 18.7. The minimum Gasteiger partial charge on any atom is -0.465 e. The zero-order valence-electron chi connectivity index (χ0n) is 14.2. The molecule has 1 unspecified atom stereocenters. The van der Waals surface area contributed by atoms with Crippen molar-refractivity contribution in [3.63, 3.8) is 0 Å². The van der Waals surface area contributed by atoms with E-state index >= 15 is 0 Å². The summed E-state index contributed by atoms with van der Waals surface area (Å²) in [6.07, 6.45) is 0.545. The Hall–Kier alpha value is -2.08. The molecule has 1 heterocycles. The number of halogens is 2. The number of hydrogen-bond donors (Lipinski definition) is 2. The van der Waals surface area contributed by atoms with Crippen molar-refractivity contribution in [2.24, 2.45) is 0 Å². The SMILES string of the molecule is COC(=O)[C@@H]1Cc2ccccc2C[NH+]1CC(=O)Nc1cc(Cl)ccc1Cl. The quantitative estimate of drug-likeness (QED) is 0.782. The van der Waals surface area contributed by atoms with Crippen molar-refractivity contribution in [1.29, 1.82) is 0 Å². The van der Waals surface area contributed by atoms with Gasteiger partial charge < -0.3 is 15.0 Å². The molecule has 0 aliphatic carbocycles. The molecule has 26 heavy (non-hydrogen) atoms. The lowest BCUT2D eigenvalue weighted by atomic mass is 9.94. The number of hydrogen-bond acceptors (Lipinski definition) is 3. The second-order valence-corrected chi connectivity index (χ2v) is 7.08. The van der Waals surface area contributed by atoms with E-state index in [-0.39, 0.29) is 18.4 Å². The number of rotatable bonds is 4. The first-order chi connectivity index (χ1) is 12.5. The molecule has 3 rings (SSSR count). The van der Waals surface area contributed by atoms with E-state index < -0.39 is 6.04 Å². The molecule has 1 aliphatic heterocycles. The molecule has 2 N–H and O–H groups in total. The molecule has 2 aromatic carbocycles. The maximum Gasteiger partial charge on any atom is 0.365 e. The highest BCUT2D eigenvalue weighted by atomic mass is 35.5. The minimum absolute atomic E-state index is 0.122. The number of nitrogens with one attached hydrogen (secondary N) is 2. The van der Waals surface area contributed by atoms with E-state index in [1.807, 2.05) is 24.3 Å². The van der Waals surface area contributed by atoms with Crippen molar-refractivity contribution in [2.45, 2.75) is 19.0 Å². The molecule has 7 heteroatoms. The first-order valence-electron chi connectivity index (χ1n) is 8.22. The van der Waals surface area contributed by atoms with Crippen LogP contribution >= 0.6 is 23.2 Å². The van der Waals surface area contributed by atoms with Crippen LogP contribution in [-0.4, -0.2) is 31.6 Å². The molecule has 1 aliphatic rings. The summed E-state index contributed by atoms with van der Waals surface area (Å²) in [6, 6.07) is 12.4. The Balaban J connectivity index is 1.76. The van der Waals surface area contributed by atoms with E-state index in [1.54, 1.807) is 18.2 Å². The summed E-state index contributed by atoms with van der Waals surface area (Å²) in [6.45, 7) is 0.698. The van der Waals surface area contributed by atoms with Crippen LogP contribution in [0.15, 0.2) is 42.5 Å². The molecule has 0 saturated heterocycles. The van der Waals surface area contributed by atoms with Crippen molar-refractivity contribution in [3.8, 4) is 0 Å². The van der Waals surface area contributed by atoms with Gasteiger partial charge in [0, 0.05) is 17.0 Å². The van der Waals surface area contributed by atoms with Gasteiger partial charge in [-0.2, -0.15) is 0 Å². The van der Waals surface area contributed by atoms with Gasteiger partial charge in [-0.3, -0.25) is 4.79 Å². The Morgan fingerprint density at radius 2 is 1.92 bits per heavy atom. The fourth-order valence-corrected chi connectivity index (χ4v) is 3.57. The molecule has 5 nitrogen and oxygen atoms in total. The third-order valence-corrected chi connectivity index (χ3v) is 5.09. The van der Waals surface area contributed by atoms with E-state index in [2.05, 4.69) is 5.32 Å². The van der Waals surface area contributed by atoms with Gasteiger partial charge in [-0.05, 0) is 23.8 Å². The topological polar surface area (TPSA) is 59.8 Å². The van der Waals surface area contributed by atoms with Crippen molar-refractivity contribution in [2.75, 3.05) is 19.0 Å². The lowest BCUT2D eigenvalue weighted by Gasteiger charge is -2.31. The van der Waals surface area contributed by atoms with Crippen LogP contribution in [0.25, 0.3) is 0 Å². The fraction of sp³-hybridized carbons (Fsp3) is 0.263. The predicted octanol–water partition coefficient (Wildman–Crippen LogP) is 2.11. The second kappa shape index (κ2) is 8.08. The number of benzene rings is 2. The van der Waals surface area contributed by atoms with Crippen LogP contribution in [0.5, 0.6) is 0 Å². The Morgan fingerprint density at radius 3 is 2.65 bits per heavy atom. The van der Waals surface area contributed by atoms with Crippen LogP contribution in [0.1, 0.15) is 11.1 Å². The Morgan fingerprint density at radius 1 is 1.19 bits per heavy atom.